The van der Waals surface area contributed by atoms with E-state index in [1.165, 1.54) is 4.90 Å². The molecular formula is C20H28N2O5. The number of carbonyl (C=O) groups excluding carboxylic acids is 3. The van der Waals surface area contributed by atoms with E-state index in [0.29, 0.717) is 25.1 Å². The fourth-order valence-electron chi connectivity index (χ4n) is 2.80. The maximum atomic E-state index is 12.3. The van der Waals surface area contributed by atoms with Crippen molar-refractivity contribution in [3.8, 4) is 0 Å². The first-order chi connectivity index (χ1) is 12.6. The van der Waals surface area contributed by atoms with Gasteiger partial charge in [-0.1, -0.05) is 6.07 Å². The van der Waals surface area contributed by atoms with Gasteiger partial charge in [-0.3, -0.25) is 9.69 Å². The van der Waals surface area contributed by atoms with Gasteiger partial charge in [-0.05, 0) is 70.7 Å². The molecule has 0 spiro atoms. The number of amides is 2. The van der Waals surface area contributed by atoms with Crippen molar-refractivity contribution in [3.63, 3.8) is 0 Å². The van der Waals surface area contributed by atoms with Crippen molar-refractivity contribution in [1.29, 1.82) is 0 Å². The number of carbonyl (C=O) groups is 3. The predicted molar refractivity (Wildman–Crippen MR) is 101 cm³/mol. The molecule has 1 atom stereocenters. The van der Waals surface area contributed by atoms with Crippen LogP contribution in [0.1, 0.15) is 44.7 Å². The first-order valence-corrected chi connectivity index (χ1v) is 9.10. The SMILES string of the molecule is Cc1ccc(NC(=O)COC(=O)[C@@H]2CCCN2C(=O)OC(C)(C)C)cc1C. The molecule has 148 valence electrons. The highest BCUT2D eigenvalue weighted by Crippen LogP contribution is 2.22. The molecule has 0 radical (unpaired) electrons. The number of nitrogens with one attached hydrogen (secondary N) is 1. The van der Waals surface area contributed by atoms with Crippen LogP contribution in [-0.4, -0.2) is 47.7 Å². The third-order valence-electron chi connectivity index (χ3n) is 4.29. The van der Waals surface area contributed by atoms with E-state index in [1.807, 2.05) is 26.0 Å². The number of hydrogen-bond donors (Lipinski definition) is 1. The second-order valence-electron chi connectivity index (χ2n) is 7.79. The van der Waals surface area contributed by atoms with E-state index in [1.54, 1.807) is 26.8 Å². The molecule has 0 unspecified atom stereocenters. The van der Waals surface area contributed by atoms with Crippen molar-refractivity contribution >= 4 is 23.7 Å². The zero-order valence-corrected chi connectivity index (χ0v) is 16.6. The van der Waals surface area contributed by atoms with Gasteiger partial charge in [-0.25, -0.2) is 9.59 Å². The summed E-state index contributed by atoms with van der Waals surface area (Å²) in [5, 5.41) is 2.70. The third kappa shape index (κ3) is 5.98. The maximum absolute atomic E-state index is 12.3. The lowest BCUT2D eigenvalue weighted by Crippen LogP contribution is -2.44. The van der Waals surface area contributed by atoms with Gasteiger partial charge >= 0.3 is 12.1 Å². The molecule has 0 aliphatic carbocycles. The van der Waals surface area contributed by atoms with Gasteiger partial charge in [0.1, 0.15) is 11.6 Å². The highest BCUT2D eigenvalue weighted by molar-refractivity contribution is 5.93. The van der Waals surface area contributed by atoms with E-state index in [2.05, 4.69) is 5.32 Å². The molecule has 1 N–H and O–H groups in total. The van der Waals surface area contributed by atoms with E-state index in [0.717, 1.165) is 11.1 Å². The fraction of sp³-hybridized carbons (Fsp3) is 0.550. The molecule has 2 amide bonds. The summed E-state index contributed by atoms with van der Waals surface area (Å²) in [4.78, 5) is 38.0. The van der Waals surface area contributed by atoms with Gasteiger partial charge in [-0.2, -0.15) is 0 Å². The number of anilines is 1. The van der Waals surface area contributed by atoms with Crippen LogP contribution < -0.4 is 5.32 Å². The van der Waals surface area contributed by atoms with Crippen LogP contribution in [0.15, 0.2) is 18.2 Å². The maximum Gasteiger partial charge on any atom is 0.411 e. The molecule has 1 aromatic carbocycles. The largest absolute Gasteiger partial charge is 0.454 e. The molecule has 27 heavy (non-hydrogen) atoms. The number of ether oxygens (including phenoxy) is 2. The molecule has 1 aliphatic rings. The van der Waals surface area contributed by atoms with Crippen LogP contribution >= 0.6 is 0 Å². The molecule has 1 aromatic rings. The molecule has 0 aromatic heterocycles. The average Bonchev–Trinajstić information content (AvgIpc) is 3.04. The van der Waals surface area contributed by atoms with E-state index < -0.39 is 36.2 Å². The average molecular weight is 376 g/mol. The van der Waals surface area contributed by atoms with Crippen LogP contribution in [0.4, 0.5) is 10.5 Å². The lowest BCUT2D eigenvalue weighted by atomic mass is 10.1. The van der Waals surface area contributed by atoms with E-state index in [4.69, 9.17) is 9.47 Å². The summed E-state index contributed by atoms with van der Waals surface area (Å²) >= 11 is 0. The fourth-order valence-corrected chi connectivity index (χ4v) is 2.80. The Balaban J connectivity index is 1.87. The monoisotopic (exact) mass is 376 g/mol. The highest BCUT2D eigenvalue weighted by Gasteiger charge is 2.37. The van der Waals surface area contributed by atoms with Crippen LogP contribution in [0, 0.1) is 13.8 Å². The van der Waals surface area contributed by atoms with Gasteiger partial charge in [0, 0.05) is 12.2 Å². The van der Waals surface area contributed by atoms with Crippen LogP contribution in [0.3, 0.4) is 0 Å². The second kappa shape index (κ2) is 8.41. The quantitative estimate of drug-likeness (QED) is 0.816. The molecule has 2 rings (SSSR count). The molecule has 0 bridgehead atoms. The topological polar surface area (TPSA) is 84.9 Å². The van der Waals surface area contributed by atoms with Crippen molar-refractivity contribution in [2.45, 2.75) is 59.1 Å². The minimum atomic E-state index is -0.714. The number of benzene rings is 1. The van der Waals surface area contributed by atoms with Crippen LogP contribution in [-0.2, 0) is 19.1 Å². The van der Waals surface area contributed by atoms with Gasteiger partial charge < -0.3 is 14.8 Å². The Morgan fingerprint density at radius 2 is 1.89 bits per heavy atom. The minimum absolute atomic E-state index is 0.398. The molecular weight excluding hydrogens is 348 g/mol. The summed E-state index contributed by atoms with van der Waals surface area (Å²) in [7, 11) is 0. The third-order valence-corrected chi connectivity index (χ3v) is 4.29. The highest BCUT2D eigenvalue weighted by atomic mass is 16.6. The molecule has 0 saturated carbocycles. The summed E-state index contributed by atoms with van der Waals surface area (Å²) in [6.07, 6.45) is 0.645. The standard InChI is InChI=1S/C20H28N2O5/c1-13-8-9-15(11-14(13)2)21-17(23)12-26-18(24)16-7-6-10-22(16)19(25)27-20(3,4)5/h8-9,11,16H,6-7,10,12H2,1-5H3,(H,21,23)/t16-/m0/s1. The summed E-state index contributed by atoms with van der Waals surface area (Å²) in [5.74, 6) is -1.01. The Kier molecular flexibility index (Phi) is 6.46. The summed E-state index contributed by atoms with van der Waals surface area (Å²) in [5.41, 5.74) is 2.20. The summed E-state index contributed by atoms with van der Waals surface area (Å²) in [6, 6.07) is 4.85. The van der Waals surface area contributed by atoms with Crippen molar-refractivity contribution in [3.05, 3.63) is 29.3 Å². The number of esters is 1. The lowest BCUT2D eigenvalue weighted by molar-refractivity contribution is -0.151. The van der Waals surface area contributed by atoms with Crippen LogP contribution in [0.2, 0.25) is 0 Å². The Morgan fingerprint density at radius 3 is 2.52 bits per heavy atom. The zero-order chi connectivity index (χ0) is 20.2. The van der Waals surface area contributed by atoms with Crippen LogP contribution in [0.5, 0.6) is 0 Å². The smallest absolute Gasteiger partial charge is 0.411 e. The van der Waals surface area contributed by atoms with Crippen molar-refractivity contribution in [2.24, 2.45) is 0 Å². The first-order valence-electron chi connectivity index (χ1n) is 9.10. The van der Waals surface area contributed by atoms with Crippen molar-refractivity contribution < 1.29 is 23.9 Å². The molecule has 7 nitrogen and oxygen atoms in total. The van der Waals surface area contributed by atoms with Crippen molar-refractivity contribution in [1.82, 2.24) is 4.90 Å². The van der Waals surface area contributed by atoms with E-state index in [-0.39, 0.29) is 0 Å². The van der Waals surface area contributed by atoms with Crippen LogP contribution in [0.25, 0.3) is 0 Å². The summed E-state index contributed by atoms with van der Waals surface area (Å²) in [6.45, 7) is 9.29. The molecule has 1 saturated heterocycles. The molecule has 1 fully saturated rings. The van der Waals surface area contributed by atoms with Gasteiger partial charge in [0.05, 0.1) is 0 Å². The Hall–Kier alpha value is -2.57. The Morgan fingerprint density at radius 1 is 1.19 bits per heavy atom. The van der Waals surface area contributed by atoms with Gasteiger partial charge in [0.25, 0.3) is 5.91 Å². The summed E-state index contributed by atoms with van der Waals surface area (Å²) < 4.78 is 10.5. The Labute approximate surface area is 160 Å². The predicted octanol–water partition coefficient (Wildman–Crippen LogP) is 3.18. The molecule has 1 aliphatic heterocycles. The molecule has 1 heterocycles. The van der Waals surface area contributed by atoms with Gasteiger partial charge in [0.15, 0.2) is 6.61 Å². The number of hydrogen-bond acceptors (Lipinski definition) is 5. The second-order valence-corrected chi connectivity index (χ2v) is 7.79. The van der Waals surface area contributed by atoms with Gasteiger partial charge in [0.2, 0.25) is 0 Å². The normalized spacial score (nSPS) is 16.8. The Bertz CT molecular complexity index is 724. The van der Waals surface area contributed by atoms with Crippen molar-refractivity contribution in [2.75, 3.05) is 18.5 Å². The number of nitrogens with zero attached hydrogens (tertiary/aromatic N) is 1. The van der Waals surface area contributed by atoms with Gasteiger partial charge in [-0.15, -0.1) is 0 Å². The first kappa shape index (κ1) is 20.7. The van der Waals surface area contributed by atoms with E-state index >= 15 is 0 Å². The lowest BCUT2D eigenvalue weighted by Gasteiger charge is -2.27. The number of likely N-dealkylation sites (tertiary alicyclic amines) is 1. The number of rotatable bonds is 4. The minimum Gasteiger partial charge on any atom is -0.454 e. The zero-order valence-electron chi connectivity index (χ0n) is 16.6. The molecule has 7 heteroatoms. The van der Waals surface area contributed by atoms with E-state index in [9.17, 15) is 14.4 Å². The number of aryl methyl sites for hydroxylation is 2.